The van der Waals surface area contributed by atoms with Gasteiger partial charge in [-0.05, 0) is 79.3 Å². The van der Waals surface area contributed by atoms with Gasteiger partial charge in [-0.15, -0.1) is 0 Å². The molecule has 0 radical (unpaired) electrons. The lowest BCUT2D eigenvalue weighted by atomic mass is 10.0. The van der Waals surface area contributed by atoms with Crippen LogP contribution >= 0.6 is 0 Å². The summed E-state index contributed by atoms with van der Waals surface area (Å²) in [7, 11) is 0. The summed E-state index contributed by atoms with van der Waals surface area (Å²) < 4.78 is 9.01. The largest absolute Gasteiger partial charge is 0.383 e. The quantitative estimate of drug-likeness (QED) is 0.302. The third kappa shape index (κ3) is 4.41. The van der Waals surface area contributed by atoms with E-state index in [9.17, 15) is 4.79 Å². The number of rotatable bonds is 6. The SMILES string of the molecule is Nc1ncccc1-c1nc2ccc(-n3cccn3)nc2n1-c1ccc2c(c1)CCC2NC1CCN(C(=O)[C@@H]2CO2)CC1. The number of likely N-dealkylation sites (tertiary alicyclic amines) is 1. The molecule has 2 aliphatic heterocycles. The van der Waals surface area contributed by atoms with Gasteiger partial charge in [0.2, 0.25) is 0 Å². The molecule has 42 heavy (non-hydrogen) atoms. The number of fused-ring (bicyclic) bond motifs is 2. The molecule has 6 heterocycles. The summed E-state index contributed by atoms with van der Waals surface area (Å²) in [6.07, 6.45) is 9.06. The van der Waals surface area contributed by atoms with E-state index in [-0.39, 0.29) is 12.0 Å². The maximum Gasteiger partial charge on any atom is 0.254 e. The number of nitrogens with one attached hydrogen (secondary N) is 1. The number of epoxide rings is 1. The Balaban J connectivity index is 1.11. The molecule has 212 valence electrons. The number of piperidine rings is 1. The molecule has 4 aromatic heterocycles. The van der Waals surface area contributed by atoms with E-state index in [1.54, 1.807) is 17.1 Å². The lowest BCUT2D eigenvalue weighted by Gasteiger charge is -2.34. The Morgan fingerprint density at radius 2 is 1.90 bits per heavy atom. The van der Waals surface area contributed by atoms with Crippen molar-refractivity contribution in [1.82, 2.24) is 39.5 Å². The molecule has 0 bridgehead atoms. The summed E-state index contributed by atoms with van der Waals surface area (Å²) in [5.41, 5.74) is 12.2. The Morgan fingerprint density at radius 1 is 1.02 bits per heavy atom. The number of carbonyl (C=O) groups is 1. The average molecular weight is 562 g/mol. The second kappa shape index (κ2) is 10.0. The van der Waals surface area contributed by atoms with E-state index in [0.717, 1.165) is 61.2 Å². The summed E-state index contributed by atoms with van der Waals surface area (Å²) in [4.78, 5) is 28.6. The van der Waals surface area contributed by atoms with Gasteiger partial charge >= 0.3 is 0 Å². The monoisotopic (exact) mass is 561 g/mol. The first kappa shape index (κ1) is 25.1. The Hall–Kier alpha value is -4.61. The minimum atomic E-state index is -0.194. The number of amides is 1. The molecule has 1 amide bonds. The maximum absolute atomic E-state index is 12.4. The highest BCUT2D eigenvalue weighted by Crippen LogP contribution is 2.36. The first-order valence-electron chi connectivity index (χ1n) is 14.5. The van der Waals surface area contributed by atoms with Crippen LogP contribution in [-0.2, 0) is 16.0 Å². The van der Waals surface area contributed by atoms with Crippen LogP contribution in [0.25, 0.3) is 34.1 Å². The van der Waals surface area contributed by atoms with E-state index in [4.69, 9.17) is 20.4 Å². The van der Waals surface area contributed by atoms with Gasteiger partial charge in [0.15, 0.2) is 23.4 Å². The van der Waals surface area contributed by atoms with E-state index in [1.165, 1.54) is 11.1 Å². The predicted octanol–water partition coefficient (Wildman–Crippen LogP) is 3.22. The fourth-order valence-electron chi connectivity index (χ4n) is 6.37. The average Bonchev–Trinajstić information content (AvgIpc) is 3.39. The van der Waals surface area contributed by atoms with Crippen LogP contribution in [0.2, 0.25) is 0 Å². The van der Waals surface area contributed by atoms with Crippen LogP contribution in [0.4, 0.5) is 5.82 Å². The van der Waals surface area contributed by atoms with Gasteiger partial charge in [-0.25, -0.2) is 19.6 Å². The van der Waals surface area contributed by atoms with Crippen molar-refractivity contribution in [3.63, 3.8) is 0 Å². The van der Waals surface area contributed by atoms with Gasteiger partial charge < -0.3 is 20.7 Å². The van der Waals surface area contributed by atoms with Gasteiger partial charge in [0.25, 0.3) is 5.91 Å². The molecule has 1 aliphatic carbocycles. The van der Waals surface area contributed by atoms with Crippen LogP contribution in [0, 0.1) is 0 Å². The van der Waals surface area contributed by atoms with Gasteiger partial charge in [-0.3, -0.25) is 9.36 Å². The molecule has 3 aliphatic rings. The Labute approximate surface area is 242 Å². The molecular formula is C31H31N9O2. The number of nitrogens with zero attached hydrogens (tertiary/aromatic N) is 7. The first-order valence-corrected chi connectivity index (χ1v) is 14.5. The van der Waals surface area contributed by atoms with Crippen LogP contribution in [0.15, 0.2) is 67.1 Å². The van der Waals surface area contributed by atoms with Crippen molar-refractivity contribution in [3.8, 4) is 22.9 Å². The standard InChI is InChI=1S/C31H31N9O2/c32-28-23(3-1-12-33-28)29-36-25-8-9-27(39-14-2-13-34-39)37-30(25)40(29)21-5-6-22-19(17-21)4-7-24(22)35-20-10-15-38(16-11-20)31(41)26-18-42-26/h1-3,5-6,8-9,12-14,17,20,24,26,35H,4,7,10-11,15-16,18H2,(H2,32,33)/t24?,26-/m0/s1. The highest BCUT2D eigenvalue weighted by molar-refractivity contribution is 5.84. The van der Waals surface area contributed by atoms with E-state index >= 15 is 0 Å². The van der Waals surface area contributed by atoms with Crippen LogP contribution in [0.3, 0.4) is 0 Å². The number of hydrogen-bond acceptors (Lipinski definition) is 8. The van der Waals surface area contributed by atoms with E-state index < -0.39 is 0 Å². The lowest BCUT2D eigenvalue weighted by Crippen LogP contribution is -2.46. The molecule has 11 nitrogen and oxygen atoms in total. The van der Waals surface area contributed by atoms with Crippen LogP contribution < -0.4 is 11.1 Å². The molecule has 1 aromatic carbocycles. The number of benzene rings is 1. The number of imidazole rings is 1. The zero-order chi connectivity index (χ0) is 28.2. The number of pyridine rings is 2. The van der Waals surface area contributed by atoms with Crippen molar-refractivity contribution in [2.45, 2.75) is 43.9 Å². The van der Waals surface area contributed by atoms with Gasteiger partial charge in [-0.2, -0.15) is 5.10 Å². The van der Waals surface area contributed by atoms with Crippen molar-refractivity contribution >= 4 is 22.9 Å². The van der Waals surface area contributed by atoms with Gasteiger partial charge in [-0.1, -0.05) is 6.07 Å². The second-order valence-electron chi connectivity index (χ2n) is 11.2. The van der Waals surface area contributed by atoms with Crippen molar-refractivity contribution in [1.29, 1.82) is 0 Å². The molecule has 2 fully saturated rings. The third-order valence-electron chi connectivity index (χ3n) is 8.62. The predicted molar refractivity (Wildman–Crippen MR) is 157 cm³/mol. The second-order valence-corrected chi connectivity index (χ2v) is 11.2. The van der Waals surface area contributed by atoms with Gasteiger partial charge in [0.1, 0.15) is 11.3 Å². The molecule has 0 saturated carbocycles. The topological polar surface area (TPSA) is 132 Å². The molecule has 11 heteroatoms. The summed E-state index contributed by atoms with van der Waals surface area (Å²) in [5.74, 6) is 1.98. The van der Waals surface area contributed by atoms with Crippen molar-refractivity contribution in [2.75, 3.05) is 25.4 Å². The normalized spacial score (nSPS) is 20.2. The number of hydrogen-bond donors (Lipinski definition) is 2. The lowest BCUT2D eigenvalue weighted by molar-refractivity contribution is -0.133. The Morgan fingerprint density at radius 3 is 2.69 bits per heavy atom. The van der Waals surface area contributed by atoms with Crippen molar-refractivity contribution < 1.29 is 9.53 Å². The maximum atomic E-state index is 12.4. The highest BCUT2D eigenvalue weighted by atomic mass is 16.6. The van der Waals surface area contributed by atoms with E-state index in [2.05, 4.69) is 38.2 Å². The van der Waals surface area contributed by atoms with E-state index in [1.807, 2.05) is 41.4 Å². The molecule has 3 N–H and O–H groups in total. The molecular weight excluding hydrogens is 530 g/mol. The highest BCUT2D eigenvalue weighted by Gasteiger charge is 2.37. The fourth-order valence-corrected chi connectivity index (χ4v) is 6.37. The number of aryl methyl sites for hydroxylation is 1. The molecule has 5 aromatic rings. The molecule has 8 rings (SSSR count). The summed E-state index contributed by atoms with van der Waals surface area (Å²) >= 11 is 0. The molecule has 2 saturated heterocycles. The first-order chi connectivity index (χ1) is 20.6. The summed E-state index contributed by atoms with van der Waals surface area (Å²) in [5, 5.41) is 8.26. The minimum Gasteiger partial charge on any atom is -0.383 e. The summed E-state index contributed by atoms with van der Waals surface area (Å²) in [6, 6.07) is 16.9. The zero-order valence-electron chi connectivity index (χ0n) is 23.1. The molecule has 0 spiro atoms. The van der Waals surface area contributed by atoms with Crippen molar-refractivity contribution in [2.24, 2.45) is 0 Å². The number of carbonyl (C=O) groups excluding carboxylic acids is 1. The Kier molecular flexibility index (Phi) is 6.00. The van der Waals surface area contributed by atoms with E-state index in [0.29, 0.717) is 36.2 Å². The third-order valence-corrected chi connectivity index (χ3v) is 8.62. The number of nitrogens with two attached hydrogens (primary N) is 1. The van der Waals surface area contributed by atoms with Crippen LogP contribution in [-0.4, -0.2) is 71.9 Å². The number of anilines is 1. The Bertz CT molecular complexity index is 1790. The van der Waals surface area contributed by atoms with Crippen LogP contribution in [0.5, 0.6) is 0 Å². The van der Waals surface area contributed by atoms with Crippen LogP contribution in [0.1, 0.15) is 36.4 Å². The number of ether oxygens (including phenoxy) is 1. The van der Waals surface area contributed by atoms with Crippen molar-refractivity contribution in [3.05, 3.63) is 78.2 Å². The molecule has 2 atom stereocenters. The number of aromatic nitrogens is 6. The zero-order valence-corrected chi connectivity index (χ0v) is 23.1. The smallest absolute Gasteiger partial charge is 0.254 e. The summed E-state index contributed by atoms with van der Waals surface area (Å²) in [6.45, 7) is 2.15. The van der Waals surface area contributed by atoms with Gasteiger partial charge in [0.05, 0.1) is 12.2 Å². The number of nitrogen functional groups attached to an aromatic ring is 1. The molecule has 1 unspecified atom stereocenters. The minimum absolute atomic E-state index is 0.151. The fraction of sp³-hybridized carbons (Fsp3) is 0.323. The van der Waals surface area contributed by atoms with Gasteiger partial charge in [0, 0.05) is 49.5 Å².